The van der Waals surface area contributed by atoms with Crippen LogP contribution in [0.3, 0.4) is 0 Å². The first-order valence-corrected chi connectivity index (χ1v) is 8.14. The molecule has 0 saturated carbocycles. The second kappa shape index (κ2) is 6.81. The second-order valence-corrected chi connectivity index (χ2v) is 6.00. The zero-order chi connectivity index (χ0) is 19.0. The average Bonchev–Trinajstić information content (AvgIpc) is 3.15. The summed E-state index contributed by atoms with van der Waals surface area (Å²) in [6.45, 7) is 1.52. The number of rotatable bonds is 3. The Morgan fingerprint density at radius 2 is 1.85 bits per heavy atom. The molecular weight excluding hydrogens is 376 g/mol. The first-order valence-electron chi connectivity index (χ1n) is 7.76. The largest absolute Gasteiger partial charge is 0.332 e. The van der Waals surface area contributed by atoms with E-state index in [4.69, 9.17) is 16.1 Å². The second-order valence-electron chi connectivity index (χ2n) is 5.59. The molecule has 0 radical (unpaired) electrons. The van der Waals surface area contributed by atoms with Gasteiger partial charge in [0.25, 0.3) is 5.89 Å². The van der Waals surface area contributed by atoms with E-state index in [1.54, 1.807) is 6.07 Å². The third-order valence-corrected chi connectivity index (χ3v) is 4.11. The van der Waals surface area contributed by atoms with Crippen LogP contribution in [0.15, 0.2) is 47.4 Å². The Labute approximate surface area is 156 Å². The molecule has 0 fully saturated rings. The summed E-state index contributed by atoms with van der Waals surface area (Å²) in [5, 5.41) is 4.21. The lowest BCUT2D eigenvalue weighted by atomic mass is 10.1. The van der Waals surface area contributed by atoms with Gasteiger partial charge in [-0.05, 0) is 31.2 Å². The van der Waals surface area contributed by atoms with Gasteiger partial charge in [-0.15, -0.1) is 0 Å². The molecule has 0 amide bonds. The van der Waals surface area contributed by atoms with Gasteiger partial charge < -0.3 is 4.52 Å². The van der Waals surface area contributed by atoms with Gasteiger partial charge in [0.15, 0.2) is 5.82 Å². The molecule has 0 bridgehead atoms. The van der Waals surface area contributed by atoms with Gasteiger partial charge >= 0.3 is 0 Å². The number of aromatic nitrogens is 5. The van der Waals surface area contributed by atoms with Crippen molar-refractivity contribution >= 4 is 11.6 Å². The summed E-state index contributed by atoms with van der Waals surface area (Å²) in [7, 11) is 0. The van der Waals surface area contributed by atoms with Crippen LogP contribution in [0.5, 0.6) is 0 Å². The monoisotopic (exact) mass is 385 g/mol. The van der Waals surface area contributed by atoms with Crippen LogP contribution in [0.4, 0.5) is 8.78 Å². The Bertz CT molecular complexity index is 1130. The number of hydrogen-bond donors (Lipinski definition) is 0. The van der Waals surface area contributed by atoms with Gasteiger partial charge in [-0.25, -0.2) is 18.7 Å². The van der Waals surface area contributed by atoms with Gasteiger partial charge in [0, 0.05) is 23.5 Å². The predicted octanol–water partition coefficient (Wildman–Crippen LogP) is 4.50. The number of halogens is 3. The van der Waals surface area contributed by atoms with E-state index < -0.39 is 11.6 Å². The molecule has 134 valence electrons. The fraction of sp³-hybridized carbons (Fsp3) is 0.0556. The van der Waals surface area contributed by atoms with Crippen LogP contribution < -0.4 is 0 Å². The van der Waals surface area contributed by atoms with Crippen LogP contribution >= 0.6 is 11.6 Å². The highest BCUT2D eigenvalue weighted by Crippen LogP contribution is 2.32. The fourth-order valence-corrected chi connectivity index (χ4v) is 2.68. The maximum Gasteiger partial charge on any atom is 0.276 e. The van der Waals surface area contributed by atoms with E-state index in [9.17, 15) is 8.78 Å². The van der Waals surface area contributed by atoms with E-state index in [-0.39, 0.29) is 23.0 Å². The number of aryl methyl sites for hydroxylation is 1. The third kappa shape index (κ3) is 3.26. The molecule has 9 heteroatoms. The highest BCUT2D eigenvalue weighted by Gasteiger charge is 2.19. The number of pyridine rings is 3. The third-order valence-electron chi connectivity index (χ3n) is 3.78. The quantitative estimate of drug-likeness (QED) is 0.517. The van der Waals surface area contributed by atoms with Gasteiger partial charge in [-0.1, -0.05) is 16.8 Å². The van der Waals surface area contributed by atoms with Gasteiger partial charge in [-0.3, -0.25) is 4.98 Å². The summed E-state index contributed by atoms with van der Waals surface area (Å²) in [6, 6.07) is 5.68. The molecule has 4 aromatic heterocycles. The van der Waals surface area contributed by atoms with Crippen LogP contribution in [-0.4, -0.2) is 25.1 Å². The molecule has 0 unspecified atom stereocenters. The van der Waals surface area contributed by atoms with E-state index in [2.05, 4.69) is 25.1 Å². The Hall–Kier alpha value is -3.26. The lowest BCUT2D eigenvalue weighted by molar-refractivity contribution is 0.430. The maximum absolute atomic E-state index is 14.6. The number of hydrogen-bond acceptors (Lipinski definition) is 6. The number of nitrogens with zero attached hydrogens (tertiary/aromatic N) is 5. The maximum atomic E-state index is 14.6. The molecule has 0 spiro atoms. The first kappa shape index (κ1) is 17.2. The van der Waals surface area contributed by atoms with Crippen molar-refractivity contribution in [1.82, 2.24) is 25.1 Å². The minimum absolute atomic E-state index is 0.0924. The average molecular weight is 386 g/mol. The van der Waals surface area contributed by atoms with Crippen molar-refractivity contribution in [3.8, 4) is 34.2 Å². The molecule has 4 rings (SSSR count). The van der Waals surface area contributed by atoms with Crippen molar-refractivity contribution in [2.45, 2.75) is 6.92 Å². The lowest BCUT2D eigenvalue weighted by Crippen LogP contribution is -1.97. The molecule has 6 nitrogen and oxygen atoms in total. The van der Waals surface area contributed by atoms with Gasteiger partial charge in [0.2, 0.25) is 5.82 Å². The zero-order valence-electron chi connectivity index (χ0n) is 13.8. The molecule has 0 aliphatic rings. The summed E-state index contributed by atoms with van der Waals surface area (Å²) < 4.78 is 32.8. The molecule has 27 heavy (non-hydrogen) atoms. The molecule has 0 aromatic carbocycles. The molecule has 0 N–H and O–H groups in total. The summed E-state index contributed by atoms with van der Waals surface area (Å²) in [5.41, 5.74) is 1.40. The van der Waals surface area contributed by atoms with Gasteiger partial charge in [-0.2, -0.15) is 4.98 Å². The highest BCUT2D eigenvalue weighted by atomic mass is 35.5. The van der Waals surface area contributed by atoms with Crippen LogP contribution in [0.25, 0.3) is 34.2 Å². The molecular formula is C18H10ClF2N5O. The molecule has 0 aliphatic carbocycles. The minimum atomic E-state index is -0.516. The van der Waals surface area contributed by atoms with Crippen LogP contribution in [-0.2, 0) is 0 Å². The summed E-state index contributed by atoms with van der Waals surface area (Å²) in [4.78, 5) is 16.3. The van der Waals surface area contributed by atoms with E-state index in [1.807, 2.05) is 0 Å². The Balaban J connectivity index is 1.79. The SMILES string of the molecule is Cc1nc(-c2noc(-c3ccc(F)cn3)n2)cc(-c2cnccc2Cl)c1F. The Morgan fingerprint density at radius 1 is 1.00 bits per heavy atom. The summed E-state index contributed by atoms with van der Waals surface area (Å²) >= 11 is 6.16. The van der Waals surface area contributed by atoms with Crippen molar-refractivity contribution in [3.63, 3.8) is 0 Å². The molecule has 0 aliphatic heterocycles. The molecule has 0 atom stereocenters. The van der Waals surface area contributed by atoms with Crippen molar-refractivity contribution in [3.05, 3.63) is 65.2 Å². The van der Waals surface area contributed by atoms with Gasteiger partial charge in [0.05, 0.1) is 16.9 Å². The predicted molar refractivity (Wildman–Crippen MR) is 93.7 cm³/mol. The fourth-order valence-electron chi connectivity index (χ4n) is 2.48. The zero-order valence-corrected chi connectivity index (χ0v) is 14.6. The van der Waals surface area contributed by atoms with E-state index in [0.29, 0.717) is 22.0 Å². The Kier molecular flexibility index (Phi) is 4.33. The van der Waals surface area contributed by atoms with Crippen molar-refractivity contribution in [2.24, 2.45) is 0 Å². The van der Waals surface area contributed by atoms with E-state index in [0.717, 1.165) is 6.20 Å². The normalized spacial score (nSPS) is 11.0. The summed E-state index contributed by atoms with van der Waals surface area (Å²) in [5.74, 6) is -0.764. The molecule has 4 heterocycles. The Morgan fingerprint density at radius 3 is 2.59 bits per heavy atom. The minimum Gasteiger partial charge on any atom is -0.332 e. The smallest absolute Gasteiger partial charge is 0.276 e. The van der Waals surface area contributed by atoms with Crippen LogP contribution in [0.2, 0.25) is 5.02 Å². The standard InChI is InChI=1S/C18H10ClF2N5O/c1-9-16(21)11(12-8-22-5-4-13(12)19)6-15(24-9)17-25-18(27-26-17)14-3-2-10(20)7-23-14/h2-8H,1H3. The summed E-state index contributed by atoms with van der Waals surface area (Å²) in [6.07, 6.45) is 4.02. The lowest BCUT2D eigenvalue weighted by Gasteiger charge is -2.08. The van der Waals surface area contributed by atoms with Gasteiger partial charge in [0.1, 0.15) is 17.2 Å². The topological polar surface area (TPSA) is 77.6 Å². The highest BCUT2D eigenvalue weighted by molar-refractivity contribution is 6.33. The van der Waals surface area contributed by atoms with Crippen LogP contribution in [0.1, 0.15) is 5.69 Å². The molecule has 4 aromatic rings. The molecule has 0 saturated heterocycles. The van der Waals surface area contributed by atoms with Crippen molar-refractivity contribution in [2.75, 3.05) is 0 Å². The van der Waals surface area contributed by atoms with E-state index in [1.165, 1.54) is 37.5 Å². The first-order chi connectivity index (χ1) is 13.0. The van der Waals surface area contributed by atoms with Crippen molar-refractivity contribution < 1.29 is 13.3 Å². The van der Waals surface area contributed by atoms with E-state index >= 15 is 0 Å². The van der Waals surface area contributed by atoms with Crippen LogP contribution in [0, 0.1) is 18.6 Å². The van der Waals surface area contributed by atoms with Crippen molar-refractivity contribution in [1.29, 1.82) is 0 Å².